The third-order valence-corrected chi connectivity index (χ3v) is 3.31. The molecule has 0 unspecified atom stereocenters. The van der Waals surface area contributed by atoms with Crippen molar-refractivity contribution in [3.63, 3.8) is 0 Å². The van der Waals surface area contributed by atoms with Gasteiger partial charge >= 0.3 is 0 Å². The number of nitrogens with two attached hydrogens (primary N) is 1. The van der Waals surface area contributed by atoms with Crippen molar-refractivity contribution in [3.05, 3.63) is 23.8 Å². The number of methoxy groups -OCH3 is 2. The van der Waals surface area contributed by atoms with Crippen LogP contribution in [-0.4, -0.2) is 44.2 Å². The average Bonchev–Trinajstić information content (AvgIpc) is 2.44. The van der Waals surface area contributed by atoms with Gasteiger partial charge in [-0.1, -0.05) is 0 Å². The van der Waals surface area contributed by atoms with Crippen molar-refractivity contribution in [3.8, 4) is 11.5 Å². The van der Waals surface area contributed by atoms with Gasteiger partial charge in [-0.05, 0) is 26.0 Å². The highest BCUT2D eigenvalue weighted by atomic mass is 16.5. The van der Waals surface area contributed by atoms with Crippen LogP contribution in [0.5, 0.6) is 11.5 Å². The number of amides is 1. The number of likely N-dealkylation sites (N-methyl/N-ethyl adjacent to an activating group) is 1. The maximum absolute atomic E-state index is 12.4. The van der Waals surface area contributed by atoms with E-state index in [1.807, 2.05) is 13.8 Å². The first-order valence-electron chi connectivity index (χ1n) is 6.07. The van der Waals surface area contributed by atoms with Gasteiger partial charge < -0.3 is 20.1 Å². The summed E-state index contributed by atoms with van der Waals surface area (Å²) < 4.78 is 10.3. The van der Waals surface area contributed by atoms with Gasteiger partial charge in [0, 0.05) is 30.8 Å². The fourth-order valence-electron chi connectivity index (χ4n) is 1.54. The molecule has 0 spiro atoms. The van der Waals surface area contributed by atoms with Crippen LogP contribution in [0.15, 0.2) is 18.2 Å². The van der Waals surface area contributed by atoms with Crippen LogP contribution in [-0.2, 0) is 0 Å². The highest BCUT2D eigenvalue weighted by Gasteiger charge is 2.27. The zero-order valence-electron chi connectivity index (χ0n) is 12.2. The summed E-state index contributed by atoms with van der Waals surface area (Å²) in [5.41, 5.74) is 5.80. The fourth-order valence-corrected chi connectivity index (χ4v) is 1.54. The Hall–Kier alpha value is -1.75. The second-order valence-electron chi connectivity index (χ2n) is 4.98. The second-order valence-corrected chi connectivity index (χ2v) is 4.98. The third-order valence-electron chi connectivity index (χ3n) is 3.31. The molecule has 5 heteroatoms. The van der Waals surface area contributed by atoms with E-state index < -0.39 is 5.54 Å². The highest BCUT2D eigenvalue weighted by Crippen LogP contribution is 2.24. The summed E-state index contributed by atoms with van der Waals surface area (Å²) in [6.07, 6.45) is 0. The molecular formula is C14H22N2O3. The normalized spacial score (nSPS) is 11.1. The minimum atomic E-state index is -0.409. The Bertz CT molecular complexity index is 436. The van der Waals surface area contributed by atoms with Crippen molar-refractivity contribution in [2.24, 2.45) is 5.73 Å². The first-order chi connectivity index (χ1) is 8.85. The van der Waals surface area contributed by atoms with Crippen molar-refractivity contribution in [2.75, 3.05) is 27.8 Å². The molecule has 1 aromatic carbocycles. The van der Waals surface area contributed by atoms with Gasteiger partial charge in [0.05, 0.1) is 14.2 Å². The number of hydrogen-bond acceptors (Lipinski definition) is 4. The van der Waals surface area contributed by atoms with Crippen LogP contribution in [0.3, 0.4) is 0 Å². The van der Waals surface area contributed by atoms with Crippen LogP contribution < -0.4 is 15.2 Å². The molecule has 2 N–H and O–H groups in total. The Morgan fingerprint density at radius 2 is 1.68 bits per heavy atom. The lowest BCUT2D eigenvalue weighted by molar-refractivity contribution is 0.0639. The molecule has 19 heavy (non-hydrogen) atoms. The van der Waals surface area contributed by atoms with E-state index in [1.165, 1.54) is 0 Å². The van der Waals surface area contributed by atoms with Gasteiger partial charge in [-0.3, -0.25) is 4.79 Å². The lowest BCUT2D eigenvalue weighted by atomic mass is 10.0. The van der Waals surface area contributed by atoms with E-state index in [1.54, 1.807) is 44.4 Å². The molecule has 0 saturated carbocycles. The average molecular weight is 266 g/mol. The smallest absolute Gasteiger partial charge is 0.254 e. The van der Waals surface area contributed by atoms with Crippen LogP contribution in [0.1, 0.15) is 24.2 Å². The number of carbonyl (C=O) groups is 1. The first kappa shape index (κ1) is 15.3. The van der Waals surface area contributed by atoms with E-state index in [-0.39, 0.29) is 5.91 Å². The summed E-state index contributed by atoms with van der Waals surface area (Å²) in [6, 6.07) is 5.10. The summed E-state index contributed by atoms with van der Waals surface area (Å²) in [6.45, 7) is 4.22. The van der Waals surface area contributed by atoms with Crippen LogP contribution in [0.2, 0.25) is 0 Å². The molecule has 0 aliphatic carbocycles. The molecule has 0 bridgehead atoms. The molecule has 0 radical (unpaired) electrons. The van der Waals surface area contributed by atoms with Crippen molar-refractivity contribution < 1.29 is 14.3 Å². The molecular weight excluding hydrogens is 244 g/mol. The molecule has 106 valence electrons. The lowest BCUT2D eigenvalue weighted by Crippen LogP contribution is -2.50. The minimum absolute atomic E-state index is 0.118. The monoisotopic (exact) mass is 266 g/mol. The van der Waals surface area contributed by atoms with Crippen molar-refractivity contribution in [2.45, 2.75) is 19.4 Å². The molecule has 1 rings (SSSR count). The van der Waals surface area contributed by atoms with Crippen molar-refractivity contribution >= 4 is 5.91 Å². The van der Waals surface area contributed by atoms with E-state index >= 15 is 0 Å². The number of carbonyl (C=O) groups excluding carboxylic acids is 1. The molecule has 0 aliphatic heterocycles. The van der Waals surface area contributed by atoms with E-state index in [0.717, 1.165) is 0 Å². The molecule has 0 aromatic heterocycles. The number of benzene rings is 1. The quantitative estimate of drug-likeness (QED) is 0.877. The summed E-state index contributed by atoms with van der Waals surface area (Å²) in [7, 11) is 4.84. The van der Waals surface area contributed by atoms with E-state index in [2.05, 4.69) is 0 Å². The fraction of sp³-hybridized carbons (Fsp3) is 0.500. The molecule has 0 heterocycles. The van der Waals surface area contributed by atoms with Crippen LogP contribution in [0.25, 0.3) is 0 Å². The maximum Gasteiger partial charge on any atom is 0.254 e. The zero-order valence-corrected chi connectivity index (χ0v) is 12.2. The summed E-state index contributed by atoms with van der Waals surface area (Å²) in [5, 5.41) is 0. The van der Waals surface area contributed by atoms with Gasteiger partial charge in [0.15, 0.2) is 0 Å². The van der Waals surface area contributed by atoms with Crippen LogP contribution in [0.4, 0.5) is 0 Å². The van der Waals surface area contributed by atoms with Crippen LogP contribution >= 0.6 is 0 Å². The van der Waals surface area contributed by atoms with E-state index in [0.29, 0.717) is 23.6 Å². The molecule has 1 aromatic rings. The molecule has 0 saturated heterocycles. The Morgan fingerprint density at radius 1 is 1.21 bits per heavy atom. The van der Waals surface area contributed by atoms with Gasteiger partial charge in [0.2, 0.25) is 0 Å². The second kappa shape index (κ2) is 5.93. The number of rotatable bonds is 5. The minimum Gasteiger partial charge on any atom is -0.497 e. The van der Waals surface area contributed by atoms with Gasteiger partial charge in [-0.2, -0.15) is 0 Å². The number of hydrogen-bond donors (Lipinski definition) is 1. The summed E-state index contributed by atoms with van der Waals surface area (Å²) in [5.74, 6) is 1.05. The highest BCUT2D eigenvalue weighted by molar-refractivity contribution is 5.95. The van der Waals surface area contributed by atoms with Crippen LogP contribution in [0, 0.1) is 0 Å². The molecule has 1 amide bonds. The molecule has 0 aliphatic rings. The summed E-state index contributed by atoms with van der Waals surface area (Å²) in [4.78, 5) is 14.1. The number of nitrogens with zero attached hydrogens (tertiary/aromatic N) is 1. The molecule has 0 fully saturated rings. The first-order valence-corrected chi connectivity index (χ1v) is 6.07. The largest absolute Gasteiger partial charge is 0.497 e. The Kier molecular flexibility index (Phi) is 4.78. The van der Waals surface area contributed by atoms with Gasteiger partial charge in [-0.25, -0.2) is 0 Å². The molecule has 0 atom stereocenters. The van der Waals surface area contributed by atoms with Gasteiger partial charge in [-0.15, -0.1) is 0 Å². The van der Waals surface area contributed by atoms with Gasteiger partial charge in [0.1, 0.15) is 11.5 Å². The van der Waals surface area contributed by atoms with E-state index in [4.69, 9.17) is 15.2 Å². The Labute approximate surface area is 114 Å². The zero-order chi connectivity index (χ0) is 14.6. The SMILES string of the molecule is COc1cc(OC)cc(C(=O)N(C)C(C)(C)CN)c1. The van der Waals surface area contributed by atoms with Crippen molar-refractivity contribution in [1.82, 2.24) is 4.90 Å². The van der Waals surface area contributed by atoms with Crippen molar-refractivity contribution in [1.29, 1.82) is 0 Å². The Balaban J connectivity index is 3.12. The Morgan fingerprint density at radius 3 is 2.05 bits per heavy atom. The predicted octanol–water partition coefficient (Wildman–Crippen LogP) is 1.51. The van der Waals surface area contributed by atoms with E-state index in [9.17, 15) is 4.79 Å². The topological polar surface area (TPSA) is 64.8 Å². The number of ether oxygens (including phenoxy) is 2. The van der Waals surface area contributed by atoms with Gasteiger partial charge in [0.25, 0.3) is 5.91 Å². The standard InChI is InChI=1S/C14H22N2O3/c1-14(2,9-15)16(3)13(17)10-6-11(18-4)8-12(7-10)19-5/h6-8H,9,15H2,1-5H3. The lowest BCUT2D eigenvalue weighted by Gasteiger charge is -2.34. The summed E-state index contributed by atoms with van der Waals surface area (Å²) >= 11 is 0. The predicted molar refractivity (Wildman–Crippen MR) is 74.8 cm³/mol. The molecule has 5 nitrogen and oxygen atoms in total. The third kappa shape index (κ3) is 3.38. The maximum atomic E-state index is 12.4.